The monoisotopic (exact) mass is 241 g/mol. The SMILES string of the molecule is CCCC[I+]CCCC. The number of halogens is 1. The first-order valence-electron chi connectivity index (χ1n) is 3.95. The van der Waals surface area contributed by atoms with Crippen LogP contribution in [0.5, 0.6) is 0 Å². The summed E-state index contributed by atoms with van der Waals surface area (Å²) in [4.78, 5) is 0. The second-order valence-corrected chi connectivity index (χ2v) is 5.51. The van der Waals surface area contributed by atoms with Gasteiger partial charge in [-0.05, 0) is 12.8 Å². The Balaban J connectivity index is 2.60. The van der Waals surface area contributed by atoms with Gasteiger partial charge in [-0.15, -0.1) is 0 Å². The van der Waals surface area contributed by atoms with Crippen molar-refractivity contribution in [2.24, 2.45) is 0 Å². The van der Waals surface area contributed by atoms with Crippen LogP contribution in [0.3, 0.4) is 0 Å². The van der Waals surface area contributed by atoms with Gasteiger partial charge in [-0.2, -0.15) is 0 Å². The van der Waals surface area contributed by atoms with Crippen molar-refractivity contribution in [1.82, 2.24) is 0 Å². The Morgan fingerprint density at radius 2 is 1.33 bits per heavy atom. The molecule has 0 aliphatic carbocycles. The molecule has 0 amide bonds. The van der Waals surface area contributed by atoms with Crippen LogP contribution in [-0.4, -0.2) is 8.86 Å². The van der Waals surface area contributed by atoms with E-state index in [0.29, 0.717) is 21.2 Å². The molecule has 0 fully saturated rings. The largest absolute Gasteiger partial charge is 0.268 e. The molecule has 0 spiro atoms. The average molecular weight is 241 g/mol. The summed E-state index contributed by atoms with van der Waals surface area (Å²) in [7, 11) is 0. The molecule has 0 aliphatic heterocycles. The minimum absolute atomic E-state index is 0.612. The third-order valence-corrected chi connectivity index (χ3v) is 4.29. The molecule has 0 saturated carbocycles. The van der Waals surface area contributed by atoms with Gasteiger partial charge in [0.1, 0.15) is 8.86 Å². The van der Waals surface area contributed by atoms with Crippen LogP contribution in [0, 0.1) is 0 Å². The van der Waals surface area contributed by atoms with Gasteiger partial charge in [-0.25, -0.2) is 0 Å². The lowest BCUT2D eigenvalue weighted by Crippen LogP contribution is -3.63. The highest BCUT2D eigenvalue weighted by atomic mass is 127. The Morgan fingerprint density at radius 3 is 1.67 bits per heavy atom. The zero-order chi connectivity index (χ0) is 6.95. The van der Waals surface area contributed by atoms with E-state index in [9.17, 15) is 0 Å². The maximum Gasteiger partial charge on any atom is 0.268 e. The van der Waals surface area contributed by atoms with Gasteiger partial charge in [0.2, 0.25) is 0 Å². The molecule has 0 bridgehead atoms. The van der Waals surface area contributed by atoms with Crippen LogP contribution in [0.2, 0.25) is 0 Å². The fourth-order valence-electron chi connectivity index (χ4n) is 0.551. The summed E-state index contributed by atoms with van der Waals surface area (Å²) in [5.74, 6) is 0. The third-order valence-electron chi connectivity index (χ3n) is 1.24. The molecule has 0 aromatic rings. The Morgan fingerprint density at radius 1 is 0.889 bits per heavy atom. The first-order valence-corrected chi connectivity index (χ1v) is 7.00. The topological polar surface area (TPSA) is 0 Å². The molecule has 0 aromatic carbocycles. The number of unbranched alkanes of at least 4 members (excludes halogenated alkanes) is 2. The summed E-state index contributed by atoms with van der Waals surface area (Å²) in [5.41, 5.74) is 0. The van der Waals surface area contributed by atoms with E-state index in [1.807, 2.05) is 0 Å². The van der Waals surface area contributed by atoms with Crippen molar-refractivity contribution in [2.75, 3.05) is 8.86 Å². The Labute approximate surface area is 69.7 Å². The highest BCUT2D eigenvalue weighted by Gasteiger charge is 2.02. The second kappa shape index (κ2) is 8.73. The summed E-state index contributed by atoms with van der Waals surface area (Å²) in [6.45, 7) is 4.56. The maximum absolute atomic E-state index is 2.28. The summed E-state index contributed by atoms with van der Waals surface area (Å²) >= 11 is 0.612. The fraction of sp³-hybridized carbons (Fsp3) is 1.00. The minimum Gasteiger partial charge on any atom is -0.0652 e. The van der Waals surface area contributed by atoms with Crippen molar-refractivity contribution >= 4 is 0 Å². The van der Waals surface area contributed by atoms with E-state index in [0.717, 1.165) is 0 Å². The van der Waals surface area contributed by atoms with Crippen molar-refractivity contribution in [3.8, 4) is 0 Å². The Bertz CT molecular complexity index is 37.8. The zero-order valence-corrected chi connectivity index (χ0v) is 8.78. The van der Waals surface area contributed by atoms with E-state index in [1.165, 1.54) is 25.7 Å². The van der Waals surface area contributed by atoms with Gasteiger partial charge in [0.15, 0.2) is 0 Å². The zero-order valence-electron chi connectivity index (χ0n) is 6.62. The molecule has 0 nitrogen and oxygen atoms in total. The van der Waals surface area contributed by atoms with Gasteiger partial charge in [0.25, 0.3) is 21.2 Å². The quantitative estimate of drug-likeness (QED) is 0.339. The van der Waals surface area contributed by atoms with Gasteiger partial charge in [0.05, 0.1) is 0 Å². The Hall–Kier alpha value is 0.730. The third kappa shape index (κ3) is 8.73. The number of hydrogen-bond acceptors (Lipinski definition) is 0. The van der Waals surface area contributed by atoms with E-state index >= 15 is 0 Å². The first-order chi connectivity index (χ1) is 4.41. The molecule has 1 heteroatoms. The van der Waals surface area contributed by atoms with Gasteiger partial charge in [-0.1, -0.05) is 26.7 Å². The molecular formula is C8H18I+. The summed E-state index contributed by atoms with van der Waals surface area (Å²) in [5, 5.41) is 0. The van der Waals surface area contributed by atoms with Crippen LogP contribution in [0.4, 0.5) is 0 Å². The van der Waals surface area contributed by atoms with Crippen molar-refractivity contribution < 1.29 is 21.2 Å². The second-order valence-electron chi connectivity index (χ2n) is 2.27. The summed E-state index contributed by atoms with van der Waals surface area (Å²) in [6.07, 6.45) is 5.76. The summed E-state index contributed by atoms with van der Waals surface area (Å²) in [6, 6.07) is 0. The molecule has 56 valence electrons. The smallest absolute Gasteiger partial charge is 0.0652 e. The summed E-state index contributed by atoms with van der Waals surface area (Å²) < 4.78 is 3.13. The molecule has 0 radical (unpaired) electrons. The number of alkyl halides is 2. The molecule has 0 unspecified atom stereocenters. The fourth-order valence-corrected chi connectivity index (χ4v) is 3.69. The van der Waals surface area contributed by atoms with Crippen molar-refractivity contribution in [2.45, 2.75) is 39.5 Å². The van der Waals surface area contributed by atoms with E-state index in [2.05, 4.69) is 13.8 Å². The van der Waals surface area contributed by atoms with Gasteiger partial charge < -0.3 is 0 Å². The lowest BCUT2D eigenvalue weighted by Gasteiger charge is -1.82. The predicted molar refractivity (Wildman–Crippen MR) is 39.6 cm³/mol. The molecule has 0 atom stereocenters. The molecule has 0 N–H and O–H groups in total. The lowest BCUT2D eigenvalue weighted by molar-refractivity contribution is -0.655. The van der Waals surface area contributed by atoms with Crippen LogP contribution < -0.4 is 21.2 Å². The van der Waals surface area contributed by atoms with Crippen molar-refractivity contribution in [3.05, 3.63) is 0 Å². The minimum atomic E-state index is 0.612. The van der Waals surface area contributed by atoms with Crippen molar-refractivity contribution in [1.29, 1.82) is 0 Å². The standard InChI is InChI=1S/C8H18I/c1-3-5-7-9-8-6-4-2/h3-8H2,1-2H3/q+1. The first kappa shape index (κ1) is 9.73. The van der Waals surface area contributed by atoms with Crippen molar-refractivity contribution in [3.63, 3.8) is 0 Å². The molecular weight excluding hydrogens is 223 g/mol. The van der Waals surface area contributed by atoms with Crippen LogP contribution in [0.25, 0.3) is 0 Å². The van der Waals surface area contributed by atoms with Crippen LogP contribution >= 0.6 is 0 Å². The van der Waals surface area contributed by atoms with E-state index in [1.54, 1.807) is 8.86 Å². The normalized spacial score (nSPS) is 10.0. The predicted octanol–water partition coefficient (Wildman–Crippen LogP) is -0.324. The molecule has 9 heavy (non-hydrogen) atoms. The highest BCUT2D eigenvalue weighted by molar-refractivity contribution is 4.28. The van der Waals surface area contributed by atoms with E-state index in [4.69, 9.17) is 0 Å². The van der Waals surface area contributed by atoms with E-state index < -0.39 is 0 Å². The molecule has 0 rings (SSSR count). The lowest BCUT2D eigenvalue weighted by atomic mass is 10.4. The van der Waals surface area contributed by atoms with Gasteiger partial charge >= 0.3 is 0 Å². The highest BCUT2D eigenvalue weighted by Crippen LogP contribution is 1.78. The van der Waals surface area contributed by atoms with Gasteiger partial charge in [-0.3, -0.25) is 0 Å². The van der Waals surface area contributed by atoms with Crippen LogP contribution in [0.15, 0.2) is 0 Å². The van der Waals surface area contributed by atoms with Crippen LogP contribution in [-0.2, 0) is 0 Å². The number of hydrogen-bond donors (Lipinski definition) is 0. The average Bonchev–Trinajstić information content (AvgIpc) is 1.89. The Kier molecular flexibility index (Phi) is 9.44. The molecule has 0 heterocycles. The van der Waals surface area contributed by atoms with Crippen LogP contribution in [0.1, 0.15) is 39.5 Å². The molecule has 0 aliphatic rings. The molecule has 0 aromatic heterocycles. The van der Waals surface area contributed by atoms with E-state index in [-0.39, 0.29) is 0 Å². The molecule has 0 saturated heterocycles. The maximum atomic E-state index is 2.28. The van der Waals surface area contributed by atoms with Gasteiger partial charge in [0, 0.05) is 0 Å². The number of rotatable bonds is 6.